The van der Waals surface area contributed by atoms with Gasteiger partial charge in [-0.25, -0.2) is 9.97 Å². The third kappa shape index (κ3) is 3.88. The second-order valence-corrected chi connectivity index (χ2v) is 7.58. The Bertz CT molecular complexity index is 1200. The molecule has 4 rings (SSSR count). The van der Waals surface area contributed by atoms with E-state index in [2.05, 4.69) is 20.3 Å². The summed E-state index contributed by atoms with van der Waals surface area (Å²) in [6, 6.07) is 13.0. The van der Waals surface area contributed by atoms with Crippen molar-refractivity contribution in [2.45, 2.75) is 26.2 Å². The second-order valence-electron chi connectivity index (χ2n) is 6.35. The minimum absolute atomic E-state index is 0.0567. The maximum absolute atomic E-state index is 12.2. The summed E-state index contributed by atoms with van der Waals surface area (Å²) in [6.45, 7) is 1.97. The fourth-order valence-corrected chi connectivity index (χ4v) is 3.88. The molecule has 0 radical (unpaired) electrons. The lowest BCUT2D eigenvalue weighted by atomic mass is 10.2. The first-order valence-corrected chi connectivity index (χ1v) is 9.55. The third-order valence-electron chi connectivity index (χ3n) is 4.26. The van der Waals surface area contributed by atoms with Crippen molar-refractivity contribution in [3.05, 3.63) is 63.7 Å². The molecule has 27 heavy (non-hydrogen) atoms. The first kappa shape index (κ1) is 17.4. The number of benzene rings is 2. The Morgan fingerprint density at radius 3 is 2.89 bits per heavy atom. The molecule has 0 bridgehead atoms. The van der Waals surface area contributed by atoms with E-state index in [0.717, 1.165) is 20.9 Å². The highest BCUT2D eigenvalue weighted by Crippen LogP contribution is 2.24. The molecule has 0 spiro atoms. The molecule has 0 aliphatic heterocycles. The number of aryl methyl sites for hydroxylation is 2. The Kier molecular flexibility index (Phi) is 4.68. The number of anilines is 1. The summed E-state index contributed by atoms with van der Waals surface area (Å²) < 4.78 is 1.06. The zero-order valence-electron chi connectivity index (χ0n) is 14.8. The number of aromatic nitrogens is 3. The maximum atomic E-state index is 12.2. The van der Waals surface area contributed by atoms with Gasteiger partial charge >= 0.3 is 0 Å². The van der Waals surface area contributed by atoms with E-state index in [0.29, 0.717) is 36.0 Å². The first-order chi connectivity index (χ1) is 13.1. The van der Waals surface area contributed by atoms with Gasteiger partial charge in [-0.3, -0.25) is 9.59 Å². The molecule has 2 N–H and O–H groups in total. The number of H-pyrrole nitrogens is 1. The lowest BCUT2D eigenvalue weighted by Crippen LogP contribution is -2.14. The van der Waals surface area contributed by atoms with E-state index in [1.54, 1.807) is 17.4 Å². The molecule has 0 atom stereocenters. The number of fused-ring (bicyclic) bond motifs is 2. The fraction of sp³-hybridized carbons (Fsp3) is 0.200. The van der Waals surface area contributed by atoms with E-state index in [4.69, 9.17) is 0 Å². The standard InChI is InChI=1S/C20H18N4O2S/c1-12-21-16-10-9-13(11-17(16)27-12)22-19(25)8-4-7-18-23-15-6-3-2-5-14(15)20(26)24-18/h2-3,5-6,9-11H,4,7-8H2,1H3,(H,22,25)(H,23,24,26). The van der Waals surface area contributed by atoms with Gasteiger partial charge in [-0.05, 0) is 43.7 Å². The molecule has 2 heterocycles. The number of aromatic amines is 1. The predicted octanol–water partition coefficient (Wildman–Crippen LogP) is 3.80. The smallest absolute Gasteiger partial charge is 0.258 e. The number of nitrogens with one attached hydrogen (secondary N) is 2. The van der Waals surface area contributed by atoms with E-state index in [1.165, 1.54) is 0 Å². The van der Waals surface area contributed by atoms with Gasteiger partial charge in [0, 0.05) is 18.5 Å². The van der Waals surface area contributed by atoms with Crippen LogP contribution in [-0.2, 0) is 11.2 Å². The lowest BCUT2D eigenvalue weighted by molar-refractivity contribution is -0.116. The molecule has 0 aliphatic rings. The van der Waals surface area contributed by atoms with E-state index in [9.17, 15) is 9.59 Å². The SMILES string of the molecule is Cc1nc2ccc(NC(=O)CCCc3nc4ccccc4c(=O)[nH]3)cc2s1. The maximum Gasteiger partial charge on any atom is 0.258 e. The molecule has 7 heteroatoms. The van der Waals surface area contributed by atoms with Crippen LogP contribution in [0.1, 0.15) is 23.7 Å². The van der Waals surface area contributed by atoms with E-state index < -0.39 is 0 Å². The Balaban J connectivity index is 1.37. The van der Waals surface area contributed by atoms with Crippen molar-refractivity contribution in [2.75, 3.05) is 5.32 Å². The van der Waals surface area contributed by atoms with Crippen LogP contribution in [0, 0.1) is 6.92 Å². The van der Waals surface area contributed by atoms with Crippen molar-refractivity contribution in [2.24, 2.45) is 0 Å². The van der Waals surface area contributed by atoms with Crippen LogP contribution in [0.2, 0.25) is 0 Å². The average molecular weight is 378 g/mol. The number of hydrogen-bond donors (Lipinski definition) is 2. The van der Waals surface area contributed by atoms with Crippen LogP contribution in [0.3, 0.4) is 0 Å². The van der Waals surface area contributed by atoms with Crippen LogP contribution in [-0.4, -0.2) is 20.9 Å². The molecule has 0 unspecified atom stereocenters. The molecule has 0 saturated carbocycles. The Hall–Kier alpha value is -3.06. The minimum Gasteiger partial charge on any atom is -0.326 e. The van der Waals surface area contributed by atoms with Gasteiger partial charge in [0.1, 0.15) is 5.82 Å². The predicted molar refractivity (Wildman–Crippen MR) is 108 cm³/mol. The number of carbonyl (C=O) groups excluding carboxylic acids is 1. The van der Waals surface area contributed by atoms with Crippen LogP contribution >= 0.6 is 11.3 Å². The second kappa shape index (κ2) is 7.28. The Morgan fingerprint density at radius 1 is 1.15 bits per heavy atom. The molecule has 2 aromatic carbocycles. The molecule has 1 amide bonds. The van der Waals surface area contributed by atoms with Crippen molar-refractivity contribution in [1.82, 2.24) is 15.0 Å². The highest BCUT2D eigenvalue weighted by molar-refractivity contribution is 7.18. The highest BCUT2D eigenvalue weighted by atomic mass is 32.1. The molecular formula is C20H18N4O2S. The summed E-state index contributed by atoms with van der Waals surface area (Å²) >= 11 is 1.61. The zero-order chi connectivity index (χ0) is 18.8. The number of para-hydroxylation sites is 1. The Labute approximate surface area is 159 Å². The van der Waals surface area contributed by atoms with Crippen molar-refractivity contribution in [3.8, 4) is 0 Å². The van der Waals surface area contributed by atoms with Gasteiger partial charge in [0.25, 0.3) is 5.56 Å². The van der Waals surface area contributed by atoms with Crippen molar-refractivity contribution in [1.29, 1.82) is 0 Å². The summed E-state index contributed by atoms with van der Waals surface area (Å²) in [4.78, 5) is 35.9. The summed E-state index contributed by atoms with van der Waals surface area (Å²) in [7, 11) is 0. The summed E-state index contributed by atoms with van der Waals surface area (Å²) in [5.74, 6) is 0.548. The molecule has 4 aromatic rings. The van der Waals surface area contributed by atoms with Gasteiger partial charge < -0.3 is 10.3 Å². The van der Waals surface area contributed by atoms with Gasteiger partial charge in [0.05, 0.1) is 26.1 Å². The van der Waals surface area contributed by atoms with Crippen LogP contribution in [0.25, 0.3) is 21.1 Å². The monoisotopic (exact) mass is 378 g/mol. The molecule has 136 valence electrons. The van der Waals surface area contributed by atoms with E-state index >= 15 is 0 Å². The summed E-state index contributed by atoms with van der Waals surface area (Å²) in [6.07, 6.45) is 1.51. The van der Waals surface area contributed by atoms with Gasteiger partial charge in [-0.15, -0.1) is 11.3 Å². The van der Waals surface area contributed by atoms with Crippen molar-refractivity contribution >= 4 is 44.1 Å². The number of rotatable bonds is 5. The average Bonchev–Trinajstić information content (AvgIpc) is 3.01. The highest BCUT2D eigenvalue weighted by Gasteiger charge is 2.07. The van der Waals surface area contributed by atoms with E-state index in [1.807, 2.05) is 43.3 Å². The van der Waals surface area contributed by atoms with Gasteiger partial charge in [0.15, 0.2) is 0 Å². The van der Waals surface area contributed by atoms with Crippen LogP contribution in [0.5, 0.6) is 0 Å². The molecular weight excluding hydrogens is 360 g/mol. The number of nitrogens with zero attached hydrogens (tertiary/aromatic N) is 2. The molecule has 0 aliphatic carbocycles. The minimum atomic E-state index is -0.145. The number of hydrogen-bond acceptors (Lipinski definition) is 5. The van der Waals surface area contributed by atoms with Crippen molar-refractivity contribution in [3.63, 3.8) is 0 Å². The number of carbonyl (C=O) groups is 1. The van der Waals surface area contributed by atoms with Gasteiger partial charge in [-0.2, -0.15) is 0 Å². The topological polar surface area (TPSA) is 87.7 Å². The van der Waals surface area contributed by atoms with Crippen LogP contribution < -0.4 is 10.9 Å². The summed E-state index contributed by atoms with van der Waals surface area (Å²) in [5.41, 5.74) is 2.25. The van der Waals surface area contributed by atoms with Crippen molar-refractivity contribution < 1.29 is 4.79 Å². The van der Waals surface area contributed by atoms with Gasteiger partial charge in [-0.1, -0.05) is 12.1 Å². The normalized spacial score (nSPS) is 11.1. The largest absolute Gasteiger partial charge is 0.326 e. The first-order valence-electron chi connectivity index (χ1n) is 8.73. The summed E-state index contributed by atoms with van der Waals surface area (Å²) in [5, 5.41) is 4.50. The lowest BCUT2D eigenvalue weighted by Gasteiger charge is -2.06. The number of thiazole rings is 1. The van der Waals surface area contributed by atoms with E-state index in [-0.39, 0.29) is 11.5 Å². The molecule has 2 aromatic heterocycles. The quantitative estimate of drug-likeness (QED) is 0.553. The number of amides is 1. The Morgan fingerprint density at radius 2 is 2.00 bits per heavy atom. The molecule has 6 nitrogen and oxygen atoms in total. The fourth-order valence-electron chi connectivity index (χ4n) is 3.01. The zero-order valence-corrected chi connectivity index (χ0v) is 15.6. The molecule has 0 fully saturated rings. The van der Waals surface area contributed by atoms with Gasteiger partial charge in [0.2, 0.25) is 5.91 Å². The molecule has 0 saturated heterocycles. The third-order valence-corrected chi connectivity index (χ3v) is 5.19. The van der Waals surface area contributed by atoms with Crippen LogP contribution in [0.4, 0.5) is 5.69 Å². The van der Waals surface area contributed by atoms with Crippen LogP contribution in [0.15, 0.2) is 47.3 Å².